The van der Waals surface area contributed by atoms with E-state index in [-0.39, 0.29) is 16.7 Å². The van der Waals surface area contributed by atoms with Crippen LogP contribution in [0, 0.1) is 16.0 Å². The molecule has 1 atom stereocenters. The number of hydrogen-bond acceptors (Lipinski definition) is 6. The zero-order valence-corrected chi connectivity index (χ0v) is 9.68. The second-order valence-corrected chi connectivity index (χ2v) is 4.09. The van der Waals surface area contributed by atoms with Crippen molar-refractivity contribution in [3.63, 3.8) is 0 Å². The summed E-state index contributed by atoms with van der Waals surface area (Å²) in [5.74, 6) is 0.505. The topological polar surface area (TPSA) is 90.2 Å². The van der Waals surface area contributed by atoms with Crippen LogP contribution in [0.1, 0.15) is 6.42 Å². The molecule has 1 unspecified atom stereocenters. The van der Waals surface area contributed by atoms with Gasteiger partial charge >= 0.3 is 5.69 Å². The Labute approximate surface area is 102 Å². The molecule has 1 fully saturated rings. The maximum absolute atomic E-state index is 10.8. The first-order valence-electron chi connectivity index (χ1n) is 5.15. The minimum atomic E-state index is -0.587. The molecule has 1 aromatic heterocycles. The summed E-state index contributed by atoms with van der Waals surface area (Å²) in [6, 6.07) is 0. The largest absolute Gasteiger partial charge is 0.381 e. The number of aromatic nitrogens is 2. The number of hydrogen-bond donors (Lipinski definition) is 1. The molecular formula is C9H11ClN4O3. The van der Waals surface area contributed by atoms with Gasteiger partial charge in [0, 0.05) is 19.1 Å². The molecule has 17 heavy (non-hydrogen) atoms. The van der Waals surface area contributed by atoms with Gasteiger partial charge in [-0.2, -0.15) is 0 Å². The van der Waals surface area contributed by atoms with E-state index in [0.29, 0.717) is 19.1 Å². The molecule has 0 saturated carbocycles. The Bertz CT molecular complexity index is 423. The van der Waals surface area contributed by atoms with Gasteiger partial charge in [0.05, 0.1) is 11.5 Å². The van der Waals surface area contributed by atoms with Gasteiger partial charge in [-0.3, -0.25) is 10.1 Å². The molecule has 0 spiro atoms. The molecule has 1 aliphatic rings. The molecule has 2 heterocycles. The van der Waals surface area contributed by atoms with E-state index in [1.807, 2.05) is 0 Å². The van der Waals surface area contributed by atoms with Crippen molar-refractivity contribution in [2.24, 2.45) is 5.92 Å². The van der Waals surface area contributed by atoms with Gasteiger partial charge in [0.1, 0.15) is 6.33 Å². The lowest BCUT2D eigenvalue weighted by molar-refractivity contribution is -0.384. The van der Waals surface area contributed by atoms with Crippen LogP contribution in [0.15, 0.2) is 6.33 Å². The fourth-order valence-electron chi connectivity index (χ4n) is 1.63. The first-order valence-corrected chi connectivity index (χ1v) is 5.52. The van der Waals surface area contributed by atoms with Crippen LogP contribution in [-0.4, -0.2) is 34.6 Å². The summed E-state index contributed by atoms with van der Waals surface area (Å²) in [6.45, 7) is 1.98. The van der Waals surface area contributed by atoms with Crippen molar-refractivity contribution in [1.29, 1.82) is 0 Å². The Morgan fingerprint density at radius 3 is 3.12 bits per heavy atom. The van der Waals surface area contributed by atoms with Crippen LogP contribution in [0.4, 0.5) is 11.5 Å². The van der Waals surface area contributed by atoms with Crippen LogP contribution in [0.3, 0.4) is 0 Å². The van der Waals surface area contributed by atoms with Crippen molar-refractivity contribution in [3.05, 3.63) is 21.6 Å². The number of rotatable bonds is 4. The van der Waals surface area contributed by atoms with E-state index in [2.05, 4.69) is 15.3 Å². The van der Waals surface area contributed by atoms with Gasteiger partial charge in [0.2, 0.25) is 11.0 Å². The zero-order chi connectivity index (χ0) is 12.3. The monoisotopic (exact) mass is 258 g/mol. The van der Waals surface area contributed by atoms with Crippen molar-refractivity contribution in [1.82, 2.24) is 9.97 Å². The second kappa shape index (κ2) is 5.24. The molecule has 1 saturated heterocycles. The van der Waals surface area contributed by atoms with Crippen LogP contribution in [0.25, 0.3) is 0 Å². The van der Waals surface area contributed by atoms with Crippen molar-refractivity contribution < 1.29 is 9.66 Å². The van der Waals surface area contributed by atoms with Crippen LogP contribution >= 0.6 is 11.6 Å². The molecule has 1 aromatic rings. The summed E-state index contributed by atoms with van der Waals surface area (Å²) < 4.78 is 5.21. The lowest BCUT2D eigenvalue weighted by Gasteiger charge is -2.09. The molecular weight excluding hydrogens is 248 g/mol. The normalized spacial score (nSPS) is 19.2. The number of nitro groups is 1. The fourth-order valence-corrected chi connectivity index (χ4v) is 1.84. The van der Waals surface area contributed by atoms with E-state index in [1.165, 1.54) is 6.33 Å². The number of nitrogens with zero attached hydrogens (tertiary/aromatic N) is 3. The number of ether oxygens (including phenoxy) is 1. The van der Waals surface area contributed by atoms with Crippen LogP contribution in [-0.2, 0) is 4.74 Å². The molecule has 0 radical (unpaired) electrons. The predicted molar refractivity (Wildman–Crippen MR) is 61.1 cm³/mol. The third-order valence-corrected chi connectivity index (χ3v) is 2.82. The van der Waals surface area contributed by atoms with Gasteiger partial charge in [-0.1, -0.05) is 11.6 Å². The highest BCUT2D eigenvalue weighted by molar-refractivity contribution is 6.31. The number of halogens is 1. The summed E-state index contributed by atoms with van der Waals surface area (Å²) in [4.78, 5) is 17.6. The average molecular weight is 259 g/mol. The molecule has 8 heteroatoms. The third kappa shape index (κ3) is 2.80. The lowest BCUT2D eigenvalue weighted by Crippen LogP contribution is -2.16. The molecule has 0 aliphatic carbocycles. The molecule has 0 bridgehead atoms. The summed E-state index contributed by atoms with van der Waals surface area (Å²) in [7, 11) is 0. The third-order valence-electron chi connectivity index (χ3n) is 2.54. The molecule has 92 valence electrons. The van der Waals surface area contributed by atoms with Gasteiger partial charge in [-0.25, -0.2) is 9.97 Å². The zero-order valence-electron chi connectivity index (χ0n) is 8.93. The maximum Gasteiger partial charge on any atom is 0.348 e. The Balaban J connectivity index is 2.09. The van der Waals surface area contributed by atoms with Gasteiger partial charge in [0.25, 0.3) is 0 Å². The van der Waals surface area contributed by atoms with Crippen LogP contribution < -0.4 is 5.32 Å². The van der Waals surface area contributed by atoms with E-state index < -0.39 is 4.92 Å². The lowest BCUT2D eigenvalue weighted by atomic mass is 10.1. The first kappa shape index (κ1) is 12.0. The molecule has 7 nitrogen and oxygen atoms in total. The average Bonchev–Trinajstić information content (AvgIpc) is 2.78. The van der Waals surface area contributed by atoms with E-state index in [1.54, 1.807) is 0 Å². The summed E-state index contributed by atoms with van der Waals surface area (Å²) in [5.41, 5.74) is -0.284. The van der Waals surface area contributed by atoms with Gasteiger partial charge in [0.15, 0.2) is 0 Å². The first-order chi connectivity index (χ1) is 8.18. The van der Waals surface area contributed by atoms with Crippen molar-refractivity contribution in [3.8, 4) is 0 Å². The Morgan fingerprint density at radius 2 is 2.47 bits per heavy atom. The van der Waals surface area contributed by atoms with Gasteiger partial charge in [-0.05, 0) is 6.42 Å². The molecule has 0 amide bonds. The molecule has 2 rings (SSSR count). The smallest absolute Gasteiger partial charge is 0.348 e. The quantitative estimate of drug-likeness (QED) is 0.500. The predicted octanol–water partition coefficient (Wildman–Crippen LogP) is 1.49. The molecule has 1 aliphatic heterocycles. The highest BCUT2D eigenvalue weighted by Crippen LogP contribution is 2.28. The summed E-state index contributed by atoms with van der Waals surface area (Å²) in [6.07, 6.45) is 2.14. The Kier molecular flexibility index (Phi) is 3.70. The minimum Gasteiger partial charge on any atom is -0.381 e. The maximum atomic E-state index is 10.8. The summed E-state index contributed by atoms with van der Waals surface area (Å²) in [5, 5.41) is 13.6. The SMILES string of the molecule is O=[N+]([O-])c1c(Cl)ncnc1NCC1CCOC1. The van der Waals surface area contributed by atoms with E-state index in [4.69, 9.17) is 16.3 Å². The second-order valence-electron chi connectivity index (χ2n) is 3.73. The number of anilines is 1. The highest BCUT2D eigenvalue weighted by Gasteiger charge is 2.23. The van der Waals surface area contributed by atoms with Gasteiger partial charge in [-0.15, -0.1) is 0 Å². The van der Waals surface area contributed by atoms with E-state index >= 15 is 0 Å². The molecule has 0 aromatic carbocycles. The number of nitrogens with one attached hydrogen (secondary N) is 1. The van der Waals surface area contributed by atoms with Crippen LogP contribution in [0.5, 0.6) is 0 Å². The van der Waals surface area contributed by atoms with Crippen molar-refractivity contribution in [2.45, 2.75) is 6.42 Å². The van der Waals surface area contributed by atoms with Crippen molar-refractivity contribution >= 4 is 23.1 Å². The van der Waals surface area contributed by atoms with Crippen molar-refractivity contribution in [2.75, 3.05) is 25.1 Å². The van der Waals surface area contributed by atoms with Crippen LogP contribution in [0.2, 0.25) is 5.15 Å². The van der Waals surface area contributed by atoms with E-state index in [0.717, 1.165) is 13.0 Å². The standard InChI is InChI=1S/C9H11ClN4O3/c10-8-7(14(15)16)9(13-5-12-8)11-3-6-1-2-17-4-6/h5-6H,1-4H2,(H,11,12,13). The minimum absolute atomic E-state index is 0.155. The molecule has 1 N–H and O–H groups in total. The van der Waals surface area contributed by atoms with Gasteiger partial charge < -0.3 is 10.1 Å². The van der Waals surface area contributed by atoms with E-state index in [9.17, 15) is 10.1 Å². The highest BCUT2D eigenvalue weighted by atomic mass is 35.5. The Hall–Kier alpha value is -1.47. The fraction of sp³-hybridized carbons (Fsp3) is 0.556. The summed E-state index contributed by atoms with van der Waals surface area (Å²) >= 11 is 5.66. The Morgan fingerprint density at radius 1 is 1.65 bits per heavy atom.